The van der Waals surface area contributed by atoms with Gasteiger partial charge in [0.15, 0.2) is 0 Å². The number of carbonyl (C=O) groups excluding carboxylic acids is 1. The molecule has 22 heavy (non-hydrogen) atoms. The lowest BCUT2D eigenvalue weighted by Crippen LogP contribution is -2.44. The molecule has 0 aliphatic carbocycles. The lowest BCUT2D eigenvalue weighted by molar-refractivity contribution is -0.139. The van der Waals surface area contributed by atoms with Crippen molar-refractivity contribution in [3.05, 3.63) is 28.2 Å². The molecule has 2 N–H and O–H groups in total. The lowest BCUT2D eigenvalue weighted by Gasteiger charge is -2.22. The maximum Gasteiger partial charge on any atom is 0.408 e. The number of nitrogens with one attached hydrogen (secondary N) is 1. The van der Waals surface area contributed by atoms with Crippen molar-refractivity contribution >= 4 is 28.0 Å². The third-order valence-corrected chi connectivity index (χ3v) is 3.30. The summed E-state index contributed by atoms with van der Waals surface area (Å²) in [6.45, 7) is 5.13. The van der Waals surface area contributed by atoms with E-state index in [1.807, 2.05) is 0 Å². The molecular formula is C15H20BrNO5. The van der Waals surface area contributed by atoms with Gasteiger partial charge in [0.1, 0.15) is 17.4 Å². The number of methoxy groups -OCH3 is 1. The van der Waals surface area contributed by atoms with E-state index in [1.165, 1.54) is 7.11 Å². The van der Waals surface area contributed by atoms with E-state index in [0.717, 1.165) is 10.0 Å². The summed E-state index contributed by atoms with van der Waals surface area (Å²) < 4.78 is 11.0. The highest BCUT2D eigenvalue weighted by Crippen LogP contribution is 2.26. The first-order chi connectivity index (χ1) is 10.1. The molecule has 6 nitrogen and oxygen atoms in total. The zero-order chi connectivity index (χ0) is 16.9. The number of carboxylic acid groups (broad SMARTS) is 1. The zero-order valence-electron chi connectivity index (χ0n) is 13.0. The van der Waals surface area contributed by atoms with E-state index in [4.69, 9.17) is 9.47 Å². The molecule has 122 valence electrons. The first-order valence-corrected chi connectivity index (χ1v) is 7.46. The van der Waals surface area contributed by atoms with Crippen LogP contribution in [0.15, 0.2) is 22.7 Å². The maximum atomic E-state index is 11.7. The Kier molecular flexibility index (Phi) is 6.22. The third-order valence-electron chi connectivity index (χ3n) is 2.64. The van der Waals surface area contributed by atoms with Gasteiger partial charge in [0, 0.05) is 6.42 Å². The molecule has 1 rings (SSSR count). The van der Waals surface area contributed by atoms with Gasteiger partial charge < -0.3 is 19.9 Å². The number of carbonyl (C=O) groups is 2. The molecule has 1 unspecified atom stereocenters. The number of hydrogen-bond acceptors (Lipinski definition) is 4. The van der Waals surface area contributed by atoms with Gasteiger partial charge in [-0.3, -0.25) is 0 Å². The first kappa shape index (κ1) is 18.3. The molecule has 0 aliphatic rings. The Morgan fingerprint density at radius 1 is 1.36 bits per heavy atom. The Hall–Kier alpha value is -1.76. The minimum absolute atomic E-state index is 0.123. The van der Waals surface area contributed by atoms with Crippen LogP contribution in [0.5, 0.6) is 5.75 Å². The number of aliphatic carboxylic acids is 1. The second-order valence-electron chi connectivity index (χ2n) is 5.71. The number of amides is 1. The number of rotatable bonds is 5. The molecule has 7 heteroatoms. The molecule has 1 aromatic rings. The molecule has 0 spiro atoms. The molecule has 0 saturated heterocycles. The van der Waals surface area contributed by atoms with Gasteiger partial charge >= 0.3 is 12.1 Å². The highest BCUT2D eigenvalue weighted by molar-refractivity contribution is 9.10. The SMILES string of the molecule is COc1cc(CC(NC(=O)OC(C)(C)C)C(=O)O)ccc1Br. The second kappa shape index (κ2) is 7.49. The molecular weight excluding hydrogens is 354 g/mol. The van der Waals surface area contributed by atoms with E-state index < -0.39 is 23.7 Å². The van der Waals surface area contributed by atoms with E-state index in [9.17, 15) is 14.7 Å². The summed E-state index contributed by atoms with van der Waals surface area (Å²) in [4.78, 5) is 23.0. The minimum atomic E-state index is -1.13. The van der Waals surface area contributed by atoms with Crippen LogP contribution >= 0.6 is 15.9 Å². The molecule has 0 aromatic heterocycles. The van der Waals surface area contributed by atoms with Gasteiger partial charge in [0.05, 0.1) is 11.6 Å². The number of halogens is 1. The smallest absolute Gasteiger partial charge is 0.408 e. The topological polar surface area (TPSA) is 84.9 Å². The van der Waals surface area contributed by atoms with Crippen molar-refractivity contribution in [1.82, 2.24) is 5.32 Å². The van der Waals surface area contributed by atoms with Gasteiger partial charge in [-0.25, -0.2) is 9.59 Å². The van der Waals surface area contributed by atoms with E-state index in [0.29, 0.717) is 5.75 Å². The predicted molar refractivity (Wildman–Crippen MR) is 85.2 cm³/mol. The molecule has 0 aliphatic heterocycles. The standard InChI is InChI=1S/C15H20BrNO5/c1-15(2,3)22-14(20)17-11(13(18)19)7-9-5-6-10(16)12(8-9)21-4/h5-6,8,11H,7H2,1-4H3,(H,17,20)(H,18,19). The Bertz CT molecular complexity index is 553. The fraction of sp³-hybridized carbons (Fsp3) is 0.467. The Balaban J connectivity index is 2.81. The lowest BCUT2D eigenvalue weighted by atomic mass is 10.1. The van der Waals surface area contributed by atoms with Gasteiger partial charge in [0.2, 0.25) is 0 Å². The number of benzene rings is 1. The van der Waals surface area contributed by atoms with Crippen LogP contribution < -0.4 is 10.1 Å². The van der Waals surface area contributed by atoms with E-state index in [-0.39, 0.29) is 6.42 Å². The Labute approximate surface area is 137 Å². The number of hydrogen-bond donors (Lipinski definition) is 2. The summed E-state index contributed by atoms with van der Waals surface area (Å²) in [5, 5.41) is 11.6. The van der Waals surface area contributed by atoms with Gasteiger partial charge in [0.25, 0.3) is 0 Å². The van der Waals surface area contributed by atoms with Crippen LogP contribution in [-0.4, -0.2) is 35.9 Å². The molecule has 0 saturated carbocycles. The summed E-state index contributed by atoms with van der Waals surface area (Å²) in [5.74, 6) is -0.536. The molecule has 0 fully saturated rings. The van der Waals surface area contributed by atoms with Gasteiger partial charge in [-0.1, -0.05) is 6.07 Å². The summed E-state index contributed by atoms with van der Waals surface area (Å²) in [7, 11) is 1.53. The zero-order valence-corrected chi connectivity index (χ0v) is 14.6. The van der Waals surface area contributed by atoms with E-state index in [2.05, 4.69) is 21.2 Å². The summed E-state index contributed by atoms with van der Waals surface area (Å²) >= 11 is 3.33. The molecule has 1 aromatic carbocycles. The van der Waals surface area contributed by atoms with Crippen LogP contribution in [0.1, 0.15) is 26.3 Å². The Morgan fingerprint density at radius 3 is 2.50 bits per heavy atom. The van der Waals surface area contributed by atoms with Gasteiger partial charge in [-0.05, 0) is 54.4 Å². The van der Waals surface area contributed by atoms with E-state index >= 15 is 0 Å². The minimum Gasteiger partial charge on any atom is -0.496 e. The number of alkyl carbamates (subject to hydrolysis) is 1. The van der Waals surface area contributed by atoms with E-state index in [1.54, 1.807) is 39.0 Å². The van der Waals surface area contributed by atoms with Gasteiger partial charge in [-0.15, -0.1) is 0 Å². The van der Waals surface area contributed by atoms with Crippen LogP contribution in [0.3, 0.4) is 0 Å². The summed E-state index contributed by atoms with van der Waals surface area (Å²) in [6.07, 6.45) is -0.637. The van der Waals surface area contributed by atoms with Gasteiger partial charge in [-0.2, -0.15) is 0 Å². The normalized spacial score (nSPS) is 12.4. The average molecular weight is 374 g/mol. The third kappa shape index (κ3) is 5.93. The van der Waals surface area contributed by atoms with Crippen LogP contribution in [0.4, 0.5) is 4.79 Å². The van der Waals surface area contributed by atoms with Crippen molar-refractivity contribution in [2.24, 2.45) is 0 Å². The summed E-state index contributed by atoms with van der Waals surface area (Å²) in [6, 6.07) is 4.16. The summed E-state index contributed by atoms with van der Waals surface area (Å²) in [5.41, 5.74) is 0.0389. The average Bonchev–Trinajstić information content (AvgIpc) is 2.37. The maximum absolute atomic E-state index is 11.7. The Morgan fingerprint density at radius 2 is 2.00 bits per heavy atom. The number of carboxylic acids is 1. The first-order valence-electron chi connectivity index (χ1n) is 6.67. The molecule has 1 amide bonds. The van der Waals surface area contributed by atoms with Crippen LogP contribution in [-0.2, 0) is 16.0 Å². The van der Waals surface area contributed by atoms with Crippen molar-refractivity contribution in [2.45, 2.75) is 38.8 Å². The highest BCUT2D eigenvalue weighted by atomic mass is 79.9. The fourth-order valence-corrected chi connectivity index (χ4v) is 2.13. The molecule has 0 heterocycles. The number of ether oxygens (including phenoxy) is 2. The van der Waals surface area contributed by atoms with Crippen LogP contribution in [0.2, 0.25) is 0 Å². The van der Waals surface area contributed by atoms with Crippen molar-refractivity contribution in [2.75, 3.05) is 7.11 Å². The molecule has 0 bridgehead atoms. The van der Waals surface area contributed by atoms with Crippen molar-refractivity contribution in [3.63, 3.8) is 0 Å². The molecule has 1 atom stereocenters. The van der Waals surface area contributed by atoms with Crippen molar-refractivity contribution in [3.8, 4) is 5.75 Å². The van der Waals surface area contributed by atoms with Crippen molar-refractivity contribution < 1.29 is 24.2 Å². The largest absolute Gasteiger partial charge is 0.496 e. The van der Waals surface area contributed by atoms with Crippen LogP contribution in [0.25, 0.3) is 0 Å². The van der Waals surface area contributed by atoms with Crippen LogP contribution in [0, 0.1) is 0 Å². The highest BCUT2D eigenvalue weighted by Gasteiger charge is 2.24. The molecule has 0 radical (unpaired) electrons. The van der Waals surface area contributed by atoms with Crippen molar-refractivity contribution in [1.29, 1.82) is 0 Å². The predicted octanol–water partition coefficient (Wildman–Crippen LogP) is 2.98. The second-order valence-corrected chi connectivity index (χ2v) is 6.56. The monoisotopic (exact) mass is 373 g/mol. The quantitative estimate of drug-likeness (QED) is 0.828. The fourth-order valence-electron chi connectivity index (χ4n) is 1.72.